The molecule has 2 heterocycles. The molecule has 0 unspecified atom stereocenters. The Morgan fingerprint density at radius 1 is 1.04 bits per heavy atom. The Balaban J connectivity index is 1.89. The van der Waals surface area contributed by atoms with Crippen molar-refractivity contribution in [2.75, 3.05) is 0 Å². The summed E-state index contributed by atoms with van der Waals surface area (Å²) in [4.78, 5) is 4.36. The van der Waals surface area contributed by atoms with Gasteiger partial charge >= 0.3 is 0 Å². The molecule has 6 heteroatoms. The van der Waals surface area contributed by atoms with Gasteiger partial charge in [-0.25, -0.2) is 4.39 Å². The maximum Gasteiger partial charge on any atom is 0.132 e. The van der Waals surface area contributed by atoms with Crippen molar-refractivity contribution in [2.24, 2.45) is 0 Å². The van der Waals surface area contributed by atoms with Crippen molar-refractivity contribution in [1.29, 1.82) is 0 Å². The smallest absolute Gasteiger partial charge is 0.132 e. The van der Waals surface area contributed by atoms with Crippen LogP contribution < -0.4 is 0 Å². The Labute approximate surface area is 150 Å². The molecule has 2 aromatic heterocycles. The molecule has 0 spiro atoms. The first kappa shape index (κ1) is 15.3. The first-order valence-corrected chi connectivity index (χ1v) is 8.34. The standard InChI is InChI=1S/C18H10BrClFN3/c19-12-6-11-5-10(1-4-17(11)22-8-12)15-9-23-24-18(15)14-7-13(20)2-3-16(14)21/h1-9H,(H,23,24). The Morgan fingerprint density at radius 2 is 1.92 bits per heavy atom. The van der Waals surface area contributed by atoms with Crippen molar-refractivity contribution < 1.29 is 4.39 Å². The summed E-state index contributed by atoms with van der Waals surface area (Å²) in [7, 11) is 0. The number of fused-ring (bicyclic) bond motifs is 1. The summed E-state index contributed by atoms with van der Waals surface area (Å²) < 4.78 is 15.1. The second-order valence-electron chi connectivity index (χ2n) is 5.33. The van der Waals surface area contributed by atoms with E-state index in [-0.39, 0.29) is 5.82 Å². The predicted octanol–water partition coefficient (Wildman–Crippen LogP) is 5.85. The number of hydrogen-bond donors (Lipinski definition) is 1. The van der Waals surface area contributed by atoms with Crippen LogP contribution in [0.3, 0.4) is 0 Å². The van der Waals surface area contributed by atoms with E-state index >= 15 is 0 Å². The zero-order chi connectivity index (χ0) is 16.7. The van der Waals surface area contributed by atoms with Crippen molar-refractivity contribution in [2.45, 2.75) is 0 Å². The lowest BCUT2D eigenvalue weighted by atomic mass is 10.00. The van der Waals surface area contributed by atoms with Gasteiger partial charge in [0.15, 0.2) is 0 Å². The van der Waals surface area contributed by atoms with Crippen molar-refractivity contribution in [3.05, 3.63) is 70.2 Å². The van der Waals surface area contributed by atoms with E-state index in [0.29, 0.717) is 16.3 Å². The summed E-state index contributed by atoms with van der Waals surface area (Å²) in [6, 6.07) is 12.3. The Kier molecular flexibility index (Phi) is 3.82. The average Bonchev–Trinajstić information content (AvgIpc) is 3.05. The Morgan fingerprint density at radius 3 is 2.79 bits per heavy atom. The number of H-pyrrole nitrogens is 1. The highest BCUT2D eigenvalue weighted by molar-refractivity contribution is 9.10. The van der Waals surface area contributed by atoms with Crippen LogP contribution in [0.4, 0.5) is 4.39 Å². The van der Waals surface area contributed by atoms with Crippen LogP contribution in [-0.2, 0) is 0 Å². The van der Waals surface area contributed by atoms with Crippen molar-refractivity contribution in [3.63, 3.8) is 0 Å². The fourth-order valence-electron chi connectivity index (χ4n) is 2.67. The van der Waals surface area contributed by atoms with Gasteiger partial charge < -0.3 is 0 Å². The SMILES string of the molecule is Fc1ccc(Cl)cc1-c1n[nH]cc1-c1ccc2ncc(Br)cc2c1. The van der Waals surface area contributed by atoms with Crippen LogP contribution in [0.2, 0.25) is 5.02 Å². The van der Waals surface area contributed by atoms with Crippen LogP contribution in [-0.4, -0.2) is 15.2 Å². The van der Waals surface area contributed by atoms with E-state index in [1.54, 1.807) is 18.5 Å². The van der Waals surface area contributed by atoms with Gasteiger partial charge in [0.2, 0.25) is 0 Å². The van der Waals surface area contributed by atoms with Crippen LogP contribution in [0.1, 0.15) is 0 Å². The molecule has 4 rings (SSSR count). The van der Waals surface area contributed by atoms with Crippen LogP contribution in [0.5, 0.6) is 0 Å². The van der Waals surface area contributed by atoms with E-state index in [9.17, 15) is 4.39 Å². The Hall–Kier alpha value is -2.24. The number of benzene rings is 2. The second-order valence-corrected chi connectivity index (χ2v) is 6.68. The molecule has 1 N–H and O–H groups in total. The fourth-order valence-corrected chi connectivity index (χ4v) is 3.19. The van der Waals surface area contributed by atoms with E-state index in [1.807, 2.05) is 24.3 Å². The molecule has 4 aromatic rings. The molecule has 0 fully saturated rings. The monoisotopic (exact) mass is 401 g/mol. The first-order chi connectivity index (χ1) is 11.6. The molecule has 2 aromatic carbocycles. The molecular formula is C18H10BrClFN3. The third kappa shape index (κ3) is 2.70. The molecule has 0 radical (unpaired) electrons. The molecular weight excluding hydrogens is 393 g/mol. The third-order valence-electron chi connectivity index (χ3n) is 3.78. The first-order valence-electron chi connectivity index (χ1n) is 7.17. The van der Waals surface area contributed by atoms with Gasteiger partial charge in [-0.05, 0) is 57.9 Å². The quantitative estimate of drug-likeness (QED) is 0.457. The number of halogens is 3. The highest BCUT2D eigenvalue weighted by Gasteiger charge is 2.15. The Bertz CT molecular complexity index is 1060. The van der Waals surface area contributed by atoms with Gasteiger partial charge in [-0.15, -0.1) is 0 Å². The number of pyridine rings is 1. The van der Waals surface area contributed by atoms with Gasteiger partial charge in [0.1, 0.15) is 11.5 Å². The predicted molar refractivity (Wildman–Crippen MR) is 97.4 cm³/mol. The van der Waals surface area contributed by atoms with E-state index < -0.39 is 0 Å². The van der Waals surface area contributed by atoms with Crippen molar-refractivity contribution in [3.8, 4) is 22.4 Å². The van der Waals surface area contributed by atoms with E-state index in [2.05, 4.69) is 31.1 Å². The van der Waals surface area contributed by atoms with E-state index in [0.717, 1.165) is 26.5 Å². The molecule has 0 saturated carbocycles. The zero-order valence-corrected chi connectivity index (χ0v) is 14.6. The molecule has 0 aliphatic heterocycles. The van der Waals surface area contributed by atoms with Gasteiger partial charge in [0, 0.05) is 38.4 Å². The maximum atomic E-state index is 14.2. The summed E-state index contributed by atoms with van der Waals surface area (Å²) in [6.45, 7) is 0. The molecule has 0 bridgehead atoms. The number of aromatic nitrogens is 3. The van der Waals surface area contributed by atoms with Gasteiger partial charge in [0.05, 0.1) is 5.52 Å². The topological polar surface area (TPSA) is 41.6 Å². The lowest BCUT2D eigenvalue weighted by Crippen LogP contribution is -1.88. The normalized spacial score (nSPS) is 11.1. The molecule has 0 saturated heterocycles. The zero-order valence-electron chi connectivity index (χ0n) is 12.2. The molecule has 3 nitrogen and oxygen atoms in total. The van der Waals surface area contributed by atoms with E-state index in [4.69, 9.17) is 11.6 Å². The van der Waals surface area contributed by atoms with Gasteiger partial charge in [0.25, 0.3) is 0 Å². The van der Waals surface area contributed by atoms with Crippen LogP contribution in [0, 0.1) is 5.82 Å². The number of rotatable bonds is 2. The summed E-state index contributed by atoms with van der Waals surface area (Å²) in [5, 5.41) is 8.48. The molecule has 118 valence electrons. The van der Waals surface area contributed by atoms with Gasteiger partial charge in [-0.1, -0.05) is 17.7 Å². The largest absolute Gasteiger partial charge is 0.284 e. The van der Waals surface area contributed by atoms with Crippen molar-refractivity contribution in [1.82, 2.24) is 15.2 Å². The van der Waals surface area contributed by atoms with Crippen LogP contribution in [0.15, 0.2) is 59.3 Å². The third-order valence-corrected chi connectivity index (χ3v) is 4.45. The molecule has 0 atom stereocenters. The molecule has 24 heavy (non-hydrogen) atoms. The van der Waals surface area contributed by atoms with Gasteiger partial charge in [-0.2, -0.15) is 5.10 Å². The van der Waals surface area contributed by atoms with Crippen LogP contribution >= 0.6 is 27.5 Å². The summed E-state index contributed by atoms with van der Waals surface area (Å²) in [5.74, 6) is -0.363. The average molecular weight is 403 g/mol. The summed E-state index contributed by atoms with van der Waals surface area (Å²) in [6.07, 6.45) is 3.51. The summed E-state index contributed by atoms with van der Waals surface area (Å²) >= 11 is 9.44. The van der Waals surface area contributed by atoms with Crippen LogP contribution in [0.25, 0.3) is 33.3 Å². The lowest BCUT2D eigenvalue weighted by Gasteiger charge is -2.06. The number of nitrogens with one attached hydrogen (secondary N) is 1. The summed E-state index contributed by atoms with van der Waals surface area (Å²) in [5.41, 5.74) is 3.51. The fraction of sp³-hybridized carbons (Fsp3) is 0. The minimum Gasteiger partial charge on any atom is -0.284 e. The molecule has 0 aliphatic carbocycles. The number of nitrogens with zero attached hydrogens (tertiary/aromatic N) is 2. The van der Waals surface area contributed by atoms with E-state index in [1.165, 1.54) is 12.1 Å². The molecule has 0 aliphatic rings. The van der Waals surface area contributed by atoms with Gasteiger partial charge in [-0.3, -0.25) is 10.1 Å². The lowest BCUT2D eigenvalue weighted by molar-refractivity contribution is 0.630. The number of hydrogen-bond acceptors (Lipinski definition) is 2. The second kappa shape index (κ2) is 6.00. The minimum absolute atomic E-state index is 0.363. The van der Waals surface area contributed by atoms with Crippen molar-refractivity contribution >= 4 is 38.4 Å². The minimum atomic E-state index is -0.363. The number of aromatic amines is 1. The highest BCUT2D eigenvalue weighted by Crippen LogP contribution is 2.34. The maximum absolute atomic E-state index is 14.2. The highest BCUT2D eigenvalue weighted by atomic mass is 79.9. The molecule has 0 amide bonds.